The molecule has 1 atom stereocenters. The van der Waals surface area contributed by atoms with Gasteiger partial charge < -0.3 is 19.6 Å². The summed E-state index contributed by atoms with van der Waals surface area (Å²) < 4.78 is 33.7. The van der Waals surface area contributed by atoms with Gasteiger partial charge in [0.2, 0.25) is 10.0 Å². The van der Waals surface area contributed by atoms with Crippen LogP contribution in [0.4, 0.5) is 5.69 Å². The zero-order chi connectivity index (χ0) is 29.6. The van der Waals surface area contributed by atoms with Crippen LogP contribution in [0.25, 0.3) is 5.76 Å². The van der Waals surface area contributed by atoms with E-state index >= 15 is 0 Å². The van der Waals surface area contributed by atoms with Crippen LogP contribution < -0.4 is 4.90 Å². The highest BCUT2D eigenvalue weighted by atomic mass is 32.2. The fourth-order valence-electron chi connectivity index (χ4n) is 6.54. The molecule has 4 aliphatic rings. The zero-order valence-electron chi connectivity index (χ0n) is 23.5. The summed E-state index contributed by atoms with van der Waals surface area (Å²) in [5.74, 6) is -3.00. The first-order valence-corrected chi connectivity index (χ1v) is 15.7. The Balaban J connectivity index is 1.49. The zero-order valence-corrected chi connectivity index (χ0v) is 24.3. The molecule has 2 amide bonds. The summed E-state index contributed by atoms with van der Waals surface area (Å²) >= 11 is 0. The van der Waals surface area contributed by atoms with Crippen LogP contribution in [0.1, 0.15) is 30.4 Å². The molecule has 3 fully saturated rings. The first-order valence-electron chi connectivity index (χ1n) is 14.3. The molecule has 0 radical (unpaired) electrons. The highest BCUT2D eigenvalue weighted by Crippen LogP contribution is 2.53. The second-order valence-electron chi connectivity index (χ2n) is 11.0. The topological polar surface area (TPSA) is 128 Å². The number of nitrogens with zero attached hydrogens (tertiary/aromatic N) is 4. The summed E-state index contributed by atoms with van der Waals surface area (Å²) in [4.78, 5) is 46.4. The molecule has 4 heterocycles. The Labute approximate surface area is 245 Å². The average molecular weight is 595 g/mol. The largest absolute Gasteiger partial charge is 0.507 e. The van der Waals surface area contributed by atoms with Gasteiger partial charge in [0.25, 0.3) is 17.6 Å². The number of sulfonamides is 1. The minimum absolute atomic E-state index is 0.0284. The van der Waals surface area contributed by atoms with Crippen molar-refractivity contribution < 1.29 is 32.6 Å². The predicted molar refractivity (Wildman–Crippen MR) is 154 cm³/mol. The van der Waals surface area contributed by atoms with E-state index in [9.17, 15) is 27.9 Å². The number of benzene rings is 2. The number of piperidine rings is 1. The quantitative estimate of drug-likeness (QED) is 0.305. The summed E-state index contributed by atoms with van der Waals surface area (Å²) in [6, 6.07) is 12.6. The molecule has 12 heteroatoms. The van der Waals surface area contributed by atoms with Gasteiger partial charge in [-0.15, -0.1) is 0 Å². The SMILES string of the molecule is CN1C(=O)C2(C(=C(O)c3cccc(S(=O)(=O)N4CCCCC4)c3)C(=O)C(=O)N2CCN2CCOCC2)c2ccccc21. The molecular formula is C30H34N4O7S. The molecule has 2 aromatic carbocycles. The van der Waals surface area contributed by atoms with Gasteiger partial charge in [-0.1, -0.05) is 36.8 Å². The predicted octanol–water partition coefficient (Wildman–Crippen LogP) is 1.75. The first-order chi connectivity index (χ1) is 20.2. The van der Waals surface area contributed by atoms with E-state index < -0.39 is 38.9 Å². The smallest absolute Gasteiger partial charge is 0.296 e. The summed E-state index contributed by atoms with van der Waals surface area (Å²) in [6.07, 6.45) is 2.49. The lowest BCUT2D eigenvalue weighted by Gasteiger charge is -2.36. The van der Waals surface area contributed by atoms with Crippen molar-refractivity contribution in [3.63, 3.8) is 0 Å². The maximum atomic E-state index is 14.2. The molecule has 11 nitrogen and oxygen atoms in total. The molecule has 0 bridgehead atoms. The third-order valence-corrected chi connectivity index (χ3v) is 10.6. The molecule has 0 aromatic heterocycles. The fraction of sp³-hybridized carbons (Fsp3) is 0.433. The van der Waals surface area contributed by atoms with Gasteiger partial charge in [0.05, 0.1) is 23.7 Å². The molecule has 6 rings (SSSR count). The van der Waals surface area contributed by atoms with E-state index in [1.807, 2.05) is 0 Å². The molecule has 3 saturated heterocycles. The van der Waals surface area contributed by atoms with Gasteiger partial charge in [-0.25, -0.2) is 8.42 Å². The molecule has 0 saturated carbocycles. The molecule has 1 N–H and O–H groups in total. The van der Waals surface area contributed by atoms with Crippen LogP contribution in [-0.2, 0) is 34.7 Å². The number of aliphatic hydroxyl groups is 1. The number of anilines is 1. The number of carbonyl (C=O) groups excluding carboxylic acids is 3. The van der Waals surface area contributed by atoms with E-state index in [-0.39, 0.29) is 22.6 Å². The Hall–Kier alpha value is -3.58. The van der Waals surface area contributed by atoms with Crippen molar-refractivity contribution in [2.24, 2.45) is 0 Å². The second kappa shape index (κ2) is 10.9. The third kappa shape index (κ3) is 4.36. The van der Waals surface area contributed by atoms with Crippen LogP contribution in [0.5, 0.6) is 0 Å². The van der Waals surface area contributed by atoms with E-state index in [0.717, 1.165) is 19.3 Å². The Bertz CT molecular complexity index is 1580. The van der Waals surface area contributed by atoms with Gasteiger partial charge in [-0.2, -0.15) is 4.31 Å². The van der Waals surface area contributed by atoms with Gasteiger partial charge in [0, 0.05) is 63.1 Å². The normalized spacial score (nSPS) is 25.0. The summed E-state index contributed by atoms with van der Waals surface area (Å²) in [5, 5.41) is 11.8. The molecule has 0 aliphatic carbocycles. The van der Waals surface area contributed by atoms with Gasteiger partial charge in [-0.3, -0.25) is 19.3 Å². The molecule has 222 valence electrons. The number of carbonyl (C=O) groups is 3. The average Bonchev–Trinajstić information content (AvgIpc) is 3.38. The number of hydrogen-bond acceptors (Lipinski definition) is 8. The van der Waals surface area contributed by atoms with E-state index in [2.05, 4.69) is 4.90 Å². The van der Waals surface area contributed by atoms with Crippen molar-refractivity contribution in [1.29, 1.82) is 0 Å². The number of likely N-dealkylation sites (N-methyl/N-ethyl adjacent to an activating group) is 1. The number of Topliss-reactive ketones (excluding diaryl/α,β-unsaturated/α-hetero) is 1. The maximum absolute atomic E-state index is 14.2. The first kappa shape index (κ1) is 28.5. The number of ether oxygens (including phenoxy) is 1. The number of morpholine rings is 1. The van der Waals surface area contributed by atoms with Crippen molar-refractivity contribution in [2.45, 2.75) is 29.7 Å². The number of hydrogen-bond donors (Lipinski definition) is 1. The number of para-hydroxylation sites is 1. The molecular weight excluding hydrogens is 560 g/mol. The molecule has 42 heavy (non-hydrogen) atoms. The van der Waals surface area contributed by atoms with Crippen molar-refractivity contribution in [3.05, 3.63) is 65.2 Å². The van der Waals surface area contributed by atoms with Crippen molar-refractivity contribution in [1.82, 2.24) is 14.1 Å². The van der Waals surface area contributed by atoms with E-state index in [4.69, 9.17) is 4.74 Å². The molecule has 1 spiro atoms. The number of aliphatic hydroxyl groups excluding tert-OH is 1. The minimum Gasteiger partial charge on any atom is -0.507 e. The minimum atomic E-state index is -3.85. The van der Waals surface area contributed by atoms with Gasteiger partial charge in [0.15, 0.2) is 5.54 Å². The second-order valence-corrected chi connectivity index (χ2v) is 13.0. The number of amides is 2. The number of ketones is 1. The van der Waals surface area contributed by atoms with Crippen LogP contribution >= 0.6 is 0 Å². The van der Waals surface area contributed by atoms with Gasteiger partial charge in [0.1, 0.15) is 5.76 Å². The van der Waals surface area contributed by atoms with Crippen LogP contribution in [0.3, 0.4) is 0 Å². The number of fused-ring (bicyclic) bond motifs is 2. The molecule has 2 aromatic rings. The van der Waals surface area contributed by atoms with Crippen LogP contribution in [0, 0.1) is 0 Å². The Morgan fingerprint density at radius 1 is 0.929 bits per heavy atom. The summed E-state index contributed by atoms with van der Waals surface area (Å²) in [7, 11) is -2.27. The lowest BCUT2D eigenvalue weighted by molar-refractivity contribution is -0.144. The standard InChI is InChI=1S/C30H34N4O7S/c1-31-24-11-4-3-10-23(24)30(29(31)38)25(27(36)28(37)34(30)15-14-32-16-18-41-19-17-32)26(35)21-8-7-9-22(20-21)42(39,40)33-12-5-2-6-13-33/h3-4,7-11,20,35H,2,5-6,12-19H2,1H3. The Morgan fingerprint density at radius 2 is 1.64 bits per heavy atom. The van der Waals surface area contributed by atoms with Gasteiger partial charge >= 0.3 is 0 Å². The lowest BCUT2D eigenvalue weighted by Crippen LogP contribution is -2.53. The maximum Gasteiger partial charge on any atom is 0.296 e. The highest BCUT2D eigenvalue weighted by molar-refractivity contribution is 7.89. The summed E-state index contributed by atoms with van der Waals surface area (Å²) in [6.45, 7) is 3.69. The number of likely N-dealkylation sites (tertiary alicyclic amines) is 1. The Morgan fingerprint density at radius 3 is 2.38 bits per heavy atom. The Kier molecular flexibility index (Phi) is 7.42. The van der Waals surface area contributed by atoms with E-state index in [1.54, 1.807) is 31.3 Å². The van der Waals surface area contributed by atoms with E-state index in [0.29, 0.717) is 57.2 Å². The van der Waals surface area contributed by atoms with Crippen molar-refractivity contribution in [3.8, 4) is 0 Å². The van der Waals surface area contributed by atoms with Gasteiger partial charge in [-0.05, 0) is 31.0 Å². The van der Waals surface area contributed by atoms with Crippen molar-refractivity contribution >= 4 is 39.1 Å². The highest BCUT2D eigenvalue weighted by Gasteiger charge is 2.66. The van der Waals surface area contributed by atoms with Crippen molar-refractivity contribution in [2.75, 3.05) is 64.4 Å². The fourth-order valence-corrected chi connectivity index (χ4v) is 8.10. The third-order valence-electron chi connectivity index (χ3n) is 8.74. The van der Waals surface area contributed by atoms with Crippen LogP contribution in [0.2, 0.25) is 0 Å². The van der Waals surface area contributed by atoms with E-state index in [1.165, 1.54) is 38.4 Å². The van der Waals surface area contributed by atoms with Crippen LogP contribution in [0.15, 0.2) is 59.0 Å². The lowest BCUT2D eigenvalue weighted by atomic mass is 9.82. The summed E-state index contributed by atoms with van der Waals surface area (Å²) in [5.41, 5.74) is -1.27. The molecule has 1 unspecified atom stereocenters. The number of rotatable bonds is 6. The monoisotopic (exact) mass is 594 g/mol. The molecule has 4 aliphatic heterocycles. The van der Waals surface area contributed by atoms with Crippen LogP contribution in [-0.4, -0.2) is 105 Å².